The minimum absolute atomic E-state index is 0.0447. The normalized spacial score (nSPS) is 29.1. The van der Waals surface area contributed by atoms with Crippen molar-refractivity contribution in [3.8, 4) is 0 Å². The van der Waals surface area contributed by atoms with Crippen LogP contribution in [0.15, 0.2) is 46.4 Å². The maximum absolute atomic E-state index is 12.6. The fourth-order valence-electron chi connectivity index (χ4n) is 4.45. The summed E-state index contributed by atoms with van der Waals surface area (Å²) in [5.41, 5.74) is 2.47. The van der Waals surface area contributed by atoms with Crippen molar-refractivity contribution in [2.45, 2.75) is 49.7 Å². The SMILES string of the molecule is C[C@]12CCC(=O)C(CSc3ccccc3)=C1CCC1(C2)OCCO1. The van der Waals surface area contributed by atoms with E-state index in [1.54, 1.807) is 11.8 Å². The van der Waals surface area contributed by atoms with Crippen molar-refractivity contribution >= 4 is 17.5 Å². The van der Waals surface area contributed by atoms with E-state index in [1.165, 1.54) is 10.5 Å². The summed E-state index contributed by atoms with van der Waals surface area (Å²) in [5, 5.41) is 0. The average molecular weight is 344 g/mol. The van der Waals surface area contributed by atoms with Crippen molar-refractivity contribution in [3.05, 3.63) is 41.5 Å². The Morgan fingerprint density at radius 3 is 2.58 bits per heavy atom. The van der Waals surface area contributed by atoms with Gasteiger partial charge in [0.25, 0.3) is 0 Å². The number of fused-ring (bicyclic) bond motifs is 1. The van der Waals surface area contributed by atoms with Crippen molar-refractivity contribution in [2.24, 2.45) is 5.41 Å². The van der Waals surface area contributed by atoms with Gasteiger partial charge in [0, 0.05) is 35.5 Å². The second-order valence-electron chi connectivity index (χ2n) is 7.33. The molecule has 0 unspecified atom stereocenters. The quantitative estimate of drug-likeness (QED) is 0.763. The van der Waals surface area contributed by atoms with Gasteiger partial charge in [0.2, 0.25) is 0 Å². The molecule has 1 aliphatic heterocycles. The van der Waals surface area contributed by atoms with Crippen molar-refractivity contribution in [3.63, 3.8) is 0 Å². The molecule has 1 aromatic carbocycles. The molecule has 2 aliphatic carbocycles. The summed E-state index contributed by atoms with van der Waals surface area (Å²) in [5.74, 6) is 0.730. The van der Waals surface area contributed by atoms with E-state index in [-0.39, 0.29) is 5.41 Å². The fraction of sp³-hybridized carbons (Fsp3) is 0.550. The summed E-state index contributed by atoms with van der Waals surface area (Å²) < 4.78 is 11.9. The Balaban J connectivity index is 1.58. The molecule has 0 radical (unpaired) electrons. The lowest BCUT2D eigenvalue weighted by Crippen LogP contribution is -2.45. The summed E-state index contributed by atoms with van der Waals surface area (Å²) in [4.78, 5) is 13.8. The number of ketones is 1. The summed E-state index contributed by atoms with van der Waals surface area (Å²) in [6, 6.07) is 10.3. The smallest absolute Gasteiger partial charge is 0.169 e. The second kappa shape index (κ2) is 6.32. The molecule has 2 fully saturated rings. The highest BCUT2D eigenvalue weighted by atomic mass is 32.2. The number of thioether (sulfide) groups is 1. The second-order valence-corrected chi connectivity index (χ2v) is 8.38. The number of hydrogen-bond acceptors (Lipinski definition) is 4. The van der Waals surface area contributed by atoms with Crippen LogP contribution in [0.1, 0.15) is 39.0 Å². The molecule has 1 spiro atoms. The summed E-state index contributed by atoms with van der Waals surface area (Å²) in [6.07, 6.45) is 4.27. The fourth-order valence-corrected chi connectivity index (χ4v) is 5.45. The van der Waals surface area contributed by atoms with Crippen molar-refractivity contribution in [2.75, 3.05) is 19.0 Å². The molecule has 0 amide bonds. The summed E-state index contributed by atoms with van der Waals surface area (Å²) in [6.45, 7) is 3.70. The Hall–Kier alpha value is -1.10. The van der Waals surface area contributed by atoms with Gasteiger partial charge in [0.05, 0.1) is 13.2 Å². The third-order valence-corrected chi connectivity index (χ3v) is 6.73. The molecule has 1 heterocycles. The van der Waals surface area contributed by atoms with Gasteiger partial charge in [-0.05, 0) is 30.4 Å². The molecule has 24 heavy (non-hydrogen) atoms. The average Bonchev–Trinajstić information content (AvgIpc) is 3.03. The monoisotopic (exact) mass is 344 g/mol. The minimum atomic E-state index is -0.393. The van der Waals surface area contributed by atoms with E-state index >= 15 is 0 Å². The highest BCUT2D eigenvalue weighted by Crippen LogP contribution is 2.54. The highest BCUT2D eigenvalue weighted by Gasteiger charge is 2.51. The van der Waals surface area contributed by atoms with Crippen molar-refractivity contribution in [1.29, 1.82) is 0 Å². The highest BCUT2D eigenvalue weighted by molar-refractivity contribution is 7.99. The van der Waals surface area contributed by atoms with E-state index in [0.717, 1.165) is 37.0 Å². The van der Waals surface area contributed by atoms with Crippen LogP contribution in [0, 0.1) is 5.41 Å². The molecule has 1 saturated carbocycles. The van der Waals surface area contributed by atoms with Crippen LogP contribution in [0.5, 0.6) is 0 Å². The summed E-state index contributed by atoms with van der Waals surface area (Å²) in [7, 11) is 0. The predicted octanol–water partition coefficient (Wildman–Crippen LogP) is 4.37. The largest absolute Gasteiger partial charge is 0.347 e. The topological polar surface area (TPSA) is 35.5 Å². The molecule has 3 aliphatic rings. The summed E-state index contributed by atoms with van der Waals surface area (Å²) >= 11 is 1.77. The number of carbonyl (C=O) groups excluding carboxylic acids is 1. The minimum Gasteiger partial charge on any atom is -0.347 e. The van der Waals surface area contributed by atoms with Crippen LogP contribution in [-0.2, 0) is 14.3 Å². The molecular formula is C20H24O3S. The Kier molecular flexibility index (Phi) is 4.31. The first-order chi connectivity index (χ1) is 11.6. The number of allylic oxidation sites excluding steroid dienone is 1. The first-order valence-electron chi connectivity index (χ1n) is 8.82. The molecule has 4 rings (SSSR count). The molecule has 1 aromatic rings. The van der Waals surface area contributed by atoms with Gasteiger partial charge in [-0.3, -0.25) is 4.79 Å². The van der Waals surface area contributed by atoms with E-state index in [4.69, 9.17) is 9.47 Å². The Bertz CT molecular complexity index is 661. The maximum Gasteiger partial charge on any atom is 0.169 e. The lowest BCUT2D eigenvalue weighted by molar-refractivity contribution is -0.191. The lowest BCUT2D eigenvalue weighted by atomic mass is 9.62. The van der Waals surface area contributed by atoms with Crippen molar-refractivity contribution < 1.29 is 14.3 Å². The number of carbonyl (C=O) groups is 1. The molecular weight excluding hydrogens is 320 g/mol. The zero-order valence-corrected chi connectivity index (χ0v) is 15.0. The maximum atomic E-state index is 12.6. The molecule has 0 bridgehead atoms. The number of Topliss-reactive ketones (excluding diaryl/α,β-unsaturated/α-hetero) is 1. The number of hydrogen-bond donors (Lipinski definition) is 0. The van der Waals surface area contributed by atoms with Crippen LogP contribution in [-0.4, -0.2) is 30.5 Å². The van der Waals surface area contributed by atoms with Crippen LogP contribution in [0.2, 0.25) is 0 Å². The van der Waals surface area contributed by atoms with E-state index in [1.807, 2.05) is 18.2 Å². The lowest BCUT2D eigenvalue weighted by Gasteiger charge is -2.47. The van der Waals surface area contributed by atoms with Gasteiger partial charge in [0.15, 0.2) is 11.6 Å². The molecule has 4 heteroatoms. The van der Waals surface area contributed by atoms with Gasteiger partial charge in [-0.15, -0.1) is 11.8 Å². The molecule has 3 nitrogen and oxygen atoms in total. The Labute approximate surface area is 147 Å². The molecule has 1 atom stereocenters. The zero-order valence-electron chi connectivity index (χ0n) is 14.2. The number of benzene rings is 1. The van der Waals surface area contributed by atoms with Gasteiger partial charge in [-0.25, -0.2) is 0 Å². The van der Waals surface area contributed by atoms with Gasteiger partial charge in [-0.1, -0.05) is 30.7 Å². The number of rotatable bonds is 3. The van der Waals surface area contributed by atoms with E-state index in [2.05, 4.69) is 19.1 Å². The van der Waals surface area contributed by atoms with Crippen LogP contribution in [0.4, 0.5) is 0 Å². The Morgan fingerprint density at radius 2 is 1.83 bits per heavy atom. The van der Waals surface area contributed by atoms with Crippen LogP contribution >= 0.6 is 11.8 Å². The molecule has 0 aromatic heterocycles. The number of ether oxygens (including phenoxy) is 2. The van der Waals surface area contributed by atoms with Gasteiger partial charge >= 0.3 is 0 Å². The Morgan fingerprint density at radius 1 is 1.08 bits per heavy atom. The van der Waals surface area contributed by atoms with Gasteiger partial charge < -0.3 is 9.47 Å². The molecule has 1 saturated heterocycles. The molecule has 0 N–H and O–H groups in total. The first-order valence-corrected chi connectivity index (χ1v) is 9.80. The molecule has 128 valence electrons. The van der Waals surface area contributed by atoms with E-state index < -0.39 is 5.79 Å². The van der Waals surface area contributed by atoms with Gasteiger partial charge in [-0.2, -0.15) is 0 Å². The van der Waals surface area contributed by atoms with Gasteiger partial charge in [0.1, 0.15) is 0 Å². The van der Waals surface area contributed by atoms with E-state index in [0.29, 0.717) is 25.4 Å². The zero-order chi connectivity index (χ0) is 16.6. The predicted molar refractivity (Wildman–Crippen MR) is 95.0 cm³/mol. The standard InChI is InChI=1S/C20H24O3S/c1-19-9-8-18(21)16(13-24-15-5-3-2-4-6-15)17(19)7-10-20(14-19)22-11-12-23-20/h2-6H,7-14H2,1H3/t19-/m1/s1. The third kappa shape index (κ3) is 2.96. The van der Waals surface area contributed by atoms with Crippen LogP contribution in [0.25, 0.3) is 0 Å². The third-order valence-electron chi connectivity index (χ3n) is 5.69. The van der Waals surface area contributed by atoms with Crippen molar-refractivity contribution in [1.82, 2.24) is 0 Å². The first kappa shape index (κ1) is 16.4. The van der Waals surface area contributed by atoms with Crippen LogP contribution in [0.3, 0.4) is 0 Å². The van der Waals surface area contributed by atoms with E-state index in [9.17, 15) is 4.79 Å². The van der Waals surface area contributed by atoms with Crippen LogP contribution < -0.4 is 0 Å².